The predicted molar refractivity (Wildman–Crippen MR) is 449 cm³/mol. The fourth-order valence-electron chi connectivity index (χ4n) is 12.6. The standard InChI is InChI=1S/2C23H37N2P.7C7H7.2Hf/c2*1-19(2)25-23(24-18-20-12-6-3-7-13-20)26(21-14-8-4-9-15-21)22-16-10-5-11-17-22;7*1-7-5-3-2-4-6-7;;/h3,6-7,12-13,19,21-22H,4-5,8-11,14-18H2,1-2H3,(H,24,25);3,6-7,12-13,19,21-23H,4-5,8-11,14-18H2,1-2H3;7*2-6H,1H2;;/q;-2;7*-1;;+4. The Kier molecular flexibility index (Phi) is 51.6. The maximum atomic E-state index is 5.25. The number of nitrogens with one attached hydrogen (secondary N) is 1. The summed E-state index contributed by atoms with van der Waals surface area (Å²) in [6.45, 7) is 36.7. The summed E-state index contributed by atoms with van der Waals surface area (Å²) in [6, 6.07) is 91.5. The molecule has 4 saturated carbocycles. The van der Waals surface area contributed by atoms with Gasteiger partial charge in [0.1, 0.15) is 5.58 Å². The van der Waals surface area contributed by atoms with E-state index in [1.54, 1.807) is 0 Å². The third-order valence-corrected chi connectivity index (χ3v) is 24.6. The van der Waals surface area contributed by atoms with Crippen LogP contribution in [-0.2, 0) is 64.8 Å². The Hall–Kier alpha value is -5.94. The molecule has 4 aliphatic carbocycles. The zero-order chi connectivity index (χ0) is 72.2. The van der Waals surface area contributed by atoms with Gasteiger partial charge in [0.05, 0.1) is 6.54 Å². The zero-order valence-electron chi connectivity index (χ0n) is 63.3. The molecule has 1 atom stereocenters. The Labute approximate surface area is 669 Å². The van der Waals surface area contributed by atoms with Gasteiger partial charge in [0.2, 0.25) is 0 Å². The third-order valence-electron chi connectivity index (χ3n) is 17.7. The molecule has 4 aliphatic rings. The Morgan fingerprint density at radius 1 is 0.350 bits per heavy atom. The molecule has 0 aliphatic heterocycles. The van der Waals surface area contributed by atoms with Crippen molar-refractivity contribution in [3.63, 3.8) is 0 Å². The van der Waals surface area contributed by atoms with Gasteiger partial charge in [0.25, 0.3) is 0 Å². The van der Waals surface area contributed by atoms with Gasteiger partial charge in [-0.3, -0.25) is 4.99 Å². The van der Waals surface area contributed by atoms with Crippen molar-refractivity contribution in [2.45, 2.75) is 210 Å². The van der Waals surface area contributed by atoms with Crippen molar-refractivity contribution in [2.24, 2.45) is 4.99 Å². The summed E-state index contributed by atoms with van der Waals surface area (Å²) in [5.41, 5.74) is 15.2. The van der Waals surface area contributed by atoms with Crippen molar-refractivity contribution in [2.75, 3.05) is 0 Å². The summed E-state index contributed by atoms with van der Waals surface area (Å²) in [7, 11) is -0.273. The van der Waals surface area contributed by atoms with Gasteiger partial charge in [-0.2, -0.15) is 172 Å². The number of aliphatic imine (C=N–C) groups is 1. The summed E-state index contributed by atoms with van der Waals surface area (Å²) < 4.78 is 0. The maximum Gasteiger partial charge on any atom is 4.00 e. The molecule has 4 nitrogen and oxygen atoms in total. The van der Waals surface area contributed by atoms with Crippen molar-refractivity contribution >= 4 is 21.4 Å². The van der Waals surface area contributed by atoms with Gasteiger partial charge < -0.3 is 16.0 Å². The van der Waals surface area contributed by atoms with E-state index in [-0.39, 0.29) is 73.4 Å². The van der Waals surface area contributed by atoms with Crippen molar-refractivity contribution in [3.8, 4) is 0 Å². The third kappa shape index (κ3) is 43.3. The van der Waals surface area contributed by atoms with Crippen LogP contribution in [0.2, 0.25) is 0 Å². The molecule has 546 valence electrons. The average molecular weight is 1740 g/mol. The Balaban J connectivity index is 0.000000325. The minimum atomic E-state index is -0.150. The molecule has 0 saturated heterocycles. The van der Waals surface area contributed by atoms with E-state index in [2.05, 4.69) is 142 Å². The normalized spacial score (nSPS) is 14.7. The number of hydrogen-bond donors (Lipinski definition) is 1. The number of rotatable bonds is 14. The maximum absolute atomic E-state index is 5.25. The SMILES string of the molecule is CC(C)NC(=NCc1ccccc1)P(C1CCCCC1)C1CCCCC1.CC(C)[N-]C([N-]Cc1ccccc1)P(C1CCCCC1)C1CCCCC1.[CH2-]c1ccccc1.[CH2-]c1ccccc1.[CH2-]c1ccccc1.[CH2-]c1ccccc1.[CH2-]c1ccccc1.[CH2-]c1ccccc1.[CH2-]c1ccccc1.[Hf+4].[Hf]. The van der Waals surface area contributed by atoms with Gasteiger partial charge in [0, 0.05) is 31.9 Å². The summed E-state index contributed by atoms with van der Waals surface area (Å²) in [6.07, 6.45) is 28.7. The molecular weight excluding hydrogens is 1620 g/mol. The molecule has 4 fully saturated rings. The topological polar surface area (TPSA) is 52.6 Å². The number of hydrogen-bond acceptors (Lipinski definition) is 1. The van der Waals surface area contributed by atoms with E-state index in [0.29, 0.717) is 12.1 Å². The van der Waals surface area contributed by atoms with Crippen LogP contribution in [0.25, 0.3) is 10.6 Å². The number of amidine groups is 1. The van der Waals surface area contributed by atoms with E-state index >= 15 is 0 Å². The van der Waals surface area contributed by atoms with Crippen LogP contribution < -0.4 is 5.32 Å². The number of benzene rings is 9. The molecule has 1 N–H and O–H groups in total. The molecular formula is C95H123Hf2N4P2-5. The minimum Gasteiger partial charge on any atom is -0.672 e. The fraction of sp³-hybridized carbons (Fsp3) is 0.347. The Bertz CT molecular complexity index is 2940. The van der Waals surface area contributed by atoms with Crippen LogP contribution in [0.1, 0.15) is 206 Å². The zero-order valence-corrected chi connectivity index (χ0v) is 72.2. The van der Waals surface area contributed by atoms with Crippen molar-refractivity contribution < 1.29 is 51.7 Å². The van der Waals surface area contributed by atoms with Crippen LogP contribution in [0.3, 0.4) is 0 Å². The van der Waals surface area contributed by atoms with Crippen molar-refractivity contribution in [1.82, 2.24) is 5.32 Å². The van der Waals surface area contributed by atoms with E-state index < -0.39 is 0 Å². The van der Waals surface area contributed by atoms with Gasteiger partial charge in [0.15, 0.2) is 0 Å². The molecule has 0 amide bonds. The first-order chi connectivity index (χ1) is 49.2. The summed E-state index contributed by atoms with van der Waals surface area (Å²) in [4.78, 5) is 5.22. The van der Waals surface area contributed by atoms with Crippen molar-refractivity contribution in [1.29, 1.82) is 0 Å². The molecule has 13 rings (SSSR count). The Morgan fingerprint density at radius 2 is 0.583 bits per heavy atom. The predicted octanol–water partition coefficient (Wildman–Crippen LogP) is 27.5. The molecule has 9 aromatic rings. The van der Waals surface area contributed by atoms with E-state index in [1.165, 1.54) is 145 Å². The second-order valence-corrected chi connectivity index (χ2v) is 32.8. The second-order valence-electron chi connectivity index (χ2n) is 27.3. The van der Waals surface area contributed by atoms with Crippen LogP contribution in [0.4, 0.5) is 0 Å². The monoisotopic (exact) mass is 1740 g/mol. The first-order valence-electron chi connectivity index (χ1n) is 37.6. The fourth-order valence-corrected chi connectivity index (χ4v) is 20.3. The molecule has 1 unspecified atom stereocenters. The van der Waals surface area contributed by atoms with E-state index in [0.717, 1.165) is 74.7 Å². The van der Waals surface area contributed by atoms with Crippen LogP contribution >= 0.6 is 15.8 Å². The smallest absolute Gasteiger partial charge is 0.672 e. The average Bonchev–Trinajstić information content (AvgIpc) is 0.829. The van der Waals surface area contributed by atoms with Crippen LogP contribution in [0.15, 0.2) is 278 Å². The molecule has 8 heteroatoms. The molecule has 0 bridgehead atoms. The van der Waals surface area contributed by atoms with Gasteiger partial charge in [-0.05, 0) is 101 Å². The first kappa shape index (κ1) is 91.3. The summed E-state index contributed by atoms with van der Waals surface area (Å²) >= 11 is 0. The molecule has 0 radical (unpaired) electrons. The summed E-state index contributed by atoms with van der Waals surface area (Å²) in [5, 5.41) is 14.3. The molecule has 0 aromatic heterocycles. The molecule has 0 spiro atoms. The van der Waals surface area contributed by atoms with E-state index in [9.17, 15) is 0 Å². The quantitative estimate of drug-likeness (QED) is 0.0381. The van der Waals surface area contributed by atoms with Crippen LogP contribution in [-0.4, -0.2) is 46.2 Å². The van der Waals surface area contributed by atoms with Gasteiger partial charge in [-0.1, -0.05) is 200 Å². The second kappa shape index (κ2) is 58.3. The van der Waals surface area contributed by atoms with E-state index in [1.807, 2.05) is 212 Å². The number of nitrogens with zero attached hydrogens (tertiary/aromatic N) is 3. The van der Waals surface area contributed by atoms with Gasteiger partial charge in [-0.25, -0.2) is 5.91 Å². The molecule has 0 heterocycles. The first-order valence-corrected chi connectivity index (χ1v) is 40.7. The van der Waals surface area contributed by atoms with Crippen LogP contribution in [0.5, 0.6) is 0 Å². The molecule has 103 heavy (non-hydrogen) atoms. The largest absolute Gasteiger partial charge is 4.00 e. The van der Waals surface area contributed by atoms with Crippen molar-refractivity contribution in [3.05, 3.63) is 382 Å². The summed E-state index contributed by atoms with van der Waals surface area (Å²) in [5.74, 6) is 0.261. The Morgan fingerprint density at radius 3 is 0.806 bits per heavy atom. The van der Waals surface area contributed by atoms with E-state index in [4.69, 9.17) is 15.6 Å². The van der Waals surface area contributed by atoms with Gasteiger partial charge in [-0.15, -0.1) is 105 Å². The molecule has 9 aromatic carbocycles. The van der Waals surface area contributed by atoms with Crippen LogP contribution in [0, 0.1) is 48.5 Å². The van der Waals surface area contributed by atoms with Gasteiger partial charge >= 0.3 is 25.8 Å². The minimum absolute atomic E-state index is 0.